The topological polar surface area (TPSA) is 38.0 Å². The molecule has 17 heavy (non-hydrogen) atoms. The van der Waals surface area contributed by atoms with E-state index < -0.39 is 0 Å². The molecule has 0 saturated heterocycles. The molecule has 3 N–H and O–H groups in total. The fraction of sp³-hybridized carbons (Fsp3) is 0.429. The smallest absolute Gasteiger partial charge is 0.0345 e. The maximum Gasteiger partial charge on any atom is 0.0345 e. The number of nitrogens with one attached hydrogen (secondary N) is 1. The molecule has 1 fully saturated rings. The second-order valence-corrected chi connectivity index (χ2v) is 6.25. The zero-order valence-corrected chi connectivity index (χ0v) is 10.9. The molecule has 0 aliphatic heterocycles. The van der Waals surface area contributed by atoms with E-state index in [1.165, 1.54) is 28.5 Å². The lowest BCUT2D eigenvalue weighted by Crippen LogP contribution is -2.42. The monoisotopic (exact) mass is 246 g/mol. The van der Waals surface area contributed by atoms with E-state index in [4.69, 9.17) is 5.84 Å². The van der Waals surface area contributed by atoms with Gasteiger partial charge in [0.1, 0.15) is 0 Å². The van der Waals surface area contributed by atoms with Crippen LogP contribution in [0.25, 0.3) is 10.1 Å². The van der Waals surface area contributed by atoms with Crippen molar-refractivity contribution >= 4 is 21.4 Å². The first-order valence-electron chi connectivity index (χ1n) is 6.14. The summed E-state index contributed by atoms with van der Waals surface area (Å²) in [5, 5.41) is 3.67. The van der Waals surface area contributed by atoms with Gasteiger partial charge in [-0.3, -0.25) is 11.3 Å². The number of fused-ring (bicyclic) bond motifs is 1. The number of thiophene rings is 1. The molecule has 90 valence electrons. The fourth-order valence-electron chi connectivity index (χ4n) is 2.46. The molecular weight excluding hydrogens is 228 g/mol. The van der Waals surface area contributed by atoms with E-state index in [-0.39, 0.29) is 0 Å². The lowest BCUT2D eigenvalue weighted by Gasteiger charge is -2.22. The van der Waals surface area contributed by atoms with Crippen LogP contribution in [0.1, 0.15) is 25.3 Å². The molecule has 2 aromatic rings. The normalized spacial score (nSPS) is 19.4. The average molecular weight is 246 g/mol. The van der Waals surface area contributed by atoms with E-state index >= 15 is 0 Å². The highest BCUT2D eigenvalue weighted by atomic mass is 32.1. The highest BCUT2D eigenvalue weighted by Gasteiger charge is 2.44. The molecule has 1 aliphatic carbocycles. The molecule has 1 aromatic carbocycles. The van der Waals surface area contributed by atoms with Gasteiger partial charge in [-0.25, -0.2) is 0 Å². The van der Waals surface area contributed by atoms with Crippen molar-refractivity contribution in [3.63, 3.8) is 0 Å². The third kappa shape index (κ3) is 1.99. The van der Waals surface area contributed by atoms with Crippen LogP contribution in [0.15, 0.2) is 29.6 Å². The van der Waals surface area contributed by atoms with E-state index in [1.807, 2.05) is 11.3 Å². The van der Waals surface area contributed by atoms with E-state index in [9.17, 15) is 0 Å². The maximum absolute atomic E-state index is 5.71. The summed E-state index contributed by atoms with van der Waals surface area (Å²) in [7, 11) is 0. The molecular formula is C14H18N2S. The number of hydrogen-bond donors (Lipinski definition) is 2. The molecule has 3 rings (SSSR count). The zero-order chi connectivity index (χ0) is 11.9. The molecule has 0 amide bonds. The minimum Gasteiger partial charge on any atom is -0.271 e. The molecule has 1 atom stereocenters. The van der Waals surface area contributed by atoms with E-state index in [1.54, 1.807) is 0 Å². The molecule has 1 heterocycles. The SMILES string of the molecule is CC1(C(Cc2csc3ccccc23)NN)CC1. The first-order valence-corrected chi connectivity index (χ1v) is 7.02. The summed E-state index contributed by atoms with van der Waals surface area (Å²) in [4.78, 5) is 0. The lowest BCUT2D eigenvalue weighted by atomic mass is 9.93. The van der Waals surface area contributed by atoms with Gasteiger partial charge in [-0.15, -0.1) is 11.3 Å². The second kappa shape index (κ2) is 4.09. The van der Waals surface area contributed by atoms with Crippen LogP contribution < -0.4 is 11.3 Å². The van der Waals surface area contributed by atoms with Crippen LogP contribution in [-0.2, 0) is 6.42 Å². The molecule has 1 saturated carbocycles. The summed E-state index contributed by atoms with van der Waals surface area (Å²) in [6.07, 6.45) is 3.63. The van der Waals surface area contributed by atoms with E-state index in [0.29, 0.717) is 11.5 Å². The van der Waals surface area contributed by atoms with Gasteiger partial charge in [0.15, 0.2) is 0 Å². The molecule has 0 radical (unpaired) electrons. The number of hydrogen-bond acceptors (Lipinski definition) is 3. The van der Waals surface area contributed by atoms with Gasteiger partial charge in [-0.2, -0.15) is 0 Å². The van der Waals surface area contributed by atoms with Gasteiger partial charge in [0.05, 0.1) is 0 Å². The minimum atomic E-state index is 0.403. The van der Waals surface area contributed by atoms with Crippen molar-refractivity contribution in [2.75, 3.05) is 0 Å². The van der Waals surface area contributed by atoms with Gasteiger partial charge >= 0.3 is 0 Å². The summed E-state index contributed by atoms with van der Waals surface area (Å²) in [5.41, 5.74) is 4.86. The Labute approximate surface area is 106 Å². The number of benzene rings is 1. The van der Waals surface area contributed by atoms with Crippen molar-refractivity contribution in [1.82, 2.24) is 5.43 Å². The molecule has 0 bridgehead atoms. The Morgan fingerprint density at radius 2 is 2.18 bits per heavy atom. The van der Waals surface area contributed by atoms with Crippen LogP contribution in [0.2, 0.25) is 0 Å². The Morgan fingerprint density at radius 1 is 1.41 bits per heavy atom. The Bertz CT molecular complexity index is 528. The van der Waals surface area contributed by atoms with Crippen molar-refractivity contribution in [1.29, 1.82) is 0 Å². The number of rotatable bonds is 4. The van der Waals surface area contributed by atoms with Crippen LogP contribution in [0.4, 0.5) is 0 Å². The Morgan fingerprint density at radius 3 is 2.88 bits per heavy atom. The number of nitrogens with two attached hydrogens (primary N) is 1. The van der Waals surface area contributed by atoms with Crippen molar-refractivity contribution in [3.05, 3.63) is 35.2 Å². The van der Waals surface area contributed by atoms with Crippen LogP contribution in [-0.4, -0.2) is 6.04 Å². The predicted octanol–water partition coefficient (Wildman–Crippen LogP) is 3.08. The van der Waals surface area contributed by atoms with Crippen LogP contribution in [0, 0.1) is 5.41 Å². The Kier molecular flexibility index (Phi) is 2.69. The predicted molar refractivity (Wildman–Crippen MR) is 74.0 cm³/mol. The van der Waals surface area contributed by atoms with Crippen LogP contribution in [0.5, 0.6) is 0 Å². The maximum atomic E-state index is 5.71. The molecule has 1 aliphatic rings. The molecule has 1 aromatic heterocycles. The number of hydrazine groups is 1. The summed E-state index contributed by atoms with van der Waals surface area (Å²) < 4.78 is 1.37. The van der Waals surface area contributed by atoms with Gasteiger partial charge in [0, 0.05) is 10.7 Å². The summed E-state index contributed by atoms with van der Waals surface area (Å²) in [6.45, 7) is 2.33. The highest BCUT2D eigenvalue weighted by molar-refractivity contribution is 7.17. The molecule has 1 unspecified atom stereocenters. The Hall–Kier alpha value is -0.900. The van der Waals surface area contributed by atoms with Gasteiger partial charge < -0.3 is 0 Å². The Balaban J connectivity index is 1.89. The van der Waals surface area contributed by atoms with Crippen LogP contribution >= 0.6 is 11.3 Å². The third-order valence-electron chi connectivity index (χ3n) is 4.07. The molecule has 3 heteroatoms. The van der Waals surface area contributed by atoms with Crippen molar-refractivity contribution in [3.8, 4) is 0 Å². The highest BCUT2D eigenvalue weighted by Crippen LogP contribution is 2.49. The standard InChI is InChI=1S/C14H18N2S/c1-14(6-7-14)13(16-15)8-10-9-17-12-5-3-2-4-11(10)12/h2-5,9,13,16H,6-8,15H2,1H3. The summed E-state index contributed by atoms with van der Waals surface area (Å²) in [6, 6.07) is 9.02. The molecule has 2 nitrogen and oxygen atoms in total. The van der Waals surface area contributed by atoms with Crippen molar-refractivity contribution in [2.45, 2.75) is 32.2 Å². The van der Waals surface area contributed by atoms with Gasteiger partial charge in [-0.1, -0.05) is 25.1 Å². The lowest BCUT2D eigenvalue weighted by molar-refractivity contribution is 0.360. The first kappa shape index (κ1) is 11.2. The van der Waals surface area contributed by atoms with E-state index in [2.05, 4.69) is 42.0 Å². The fourth-order valence-corrected chi connectivity index (χ4v) is 3.44. The second-order valence-electron chi connectivity index (χ2n) is 5.33. The van der Waals surface area contributed by atoms with Gasteiger partial charge in [0.25, 0.3) is 0 Å². The third-order valence-corrected chi connectivity index (χ3v) is 5.08. The minimum absolute atomic E-state index is 0.403. The van der Waals surface area contributed by atoms with Crippen molar-refractivity contribution in [2.24, 2.45) is 11.3 Å². The van der Waals surface area contributed by atoms with E-state index in [0.717, 1.165) is 6.42 Å². The zero-order valence-electron chi connectivity index (χ0n) is 10.1. The van der Waals surface area contributed by atoms with Crippen LogP contribution in [0.3, 0.4) is 0 Å². The largest absolute Gasteiger partial charge is 0.271 e. The van der Waals surface area contributed by atoms with Gasteiger partial charge in [0.2, 0.25) is 0 Å². The summed E-state index contributed by atoms with van der Waals surface area (Å²) in [5.74, 6) is 5.71. The first-order chi connectivity index (χ1) is 8.23. The van der Waals surface area contributed by atoms with Gasteiger partial charge in [-0.05, 0) is 47.1 Å². The average Bonchev–Trinajstić information content (AvgIpc) is 2.97. The van der Waals surface area contributed by atoms with Crippen molar-refractivity contribution < 1.29 is 0 Å². The molecule has 0 spiro atoms. The quantitative estimate of drug-likeness (QED) is 0.642. The summed E-state index contributed by atoms with van der Waals surface area (Å²) >= 11 is 1.83.